The van der Waals surface area contributed by atoms with Crippen LogP contribution in [-0.2, 0) is 0 Å². The highest BCUT2D eigenvalue weighted by atomic mass is 15.8. The van der Waals surface area contributed by atoms with Gasteiger partial charge in [-0.2, -0.15) is 5.12 Å². The number of allylic oxidation sites excluding steroid dienone is 2. The molecule has 4 nitrogen and oxygen atoms in total. The van der Waals surface area contributed by atoms with Crippen molar-refractivity contribution in [3.63, 3.8) is 0 Å². The normalized spacial score (nSPS) is 20.9. The van der Waals surface area contributed by atoms with Crippen LogP contribution in [0.1, 0.15) is 6.92 Å². The Morgan fingerprint density at radius 1 is 1.55 bits per heavy atom. The number of hydrogen-bond acceptors (Lipinski definition) is 4. The minimum absolute atomic E-state index is 1.03. The van der Waals surface area contributed by atoms with Crippen molar-refractivity contribution < 1.29 is 0 Å². The number of nitrogens with one attached hydrogen (secondary N) is 1. The average molecular weight is 150 g/mol. The van der Waals surface area contributed by atoms with E-state index in [2.05, 4.69) is 10.4 Å². The van der Waals surface area contributed by atoms with E-state index in [-0.39, 0.29) is 0 Å². The molecule has 0 spiro atoms. The zero-order valence-corrected chi connectivity index (χ0v) is 6.57. The van der Waals surface area contributed by atoms with Gasteiger partial charge in [-0.1, -0.05) is 0 Å². The second-order valence-corrected chi connectivity index (χ2v) is 2.56. The summed E-state index contributed by atoms with van der Waals surface area (Å²) < 4.78 is 0. The van der Waals surface area contributed by atoms with Crippen molar-refractivity contribution in [2.24, 2.45) is 4.99 Å². The van der Waals surface area contributed by atoms with Gasteiger partial charge in [-0.05, 0) is 13.0 Å². The number of hydrogen-bond donors (Lipinski definition) is 1. The minimum Gasteiger partial charge on any atom is -0.277 e. The molecule has 4 heteroatoms. The van der Waals surface area contributed by atoms with Gasteiger partial charge in [0.05, 0.1) is 5.70 Å². The van der Waals surface area contributed by atoms with E-state index in [1.165, 1.54) is 0 Å². The van der Waals surface area contributed by atoms with Gasteiger partial charge in [-0.15, -0.1) is 0 Å². The third-order valence-electron chi connectivity index (χ3n) is 1.80. The van der Waals surface area contributed by atoms with Crippen LogP contribution in [-0.4, -0.2) is 23.5 Å². The fraction of sp³-hybridized carbons (Fsp3) is 0.286. The Balaban J connectivity index is 2.39. The number of rotatable bonds is 0. The summed E-state index contributed by atoms with van der Waals surface area (Å²) in [7, 11) is 1.98. The molecule has 0 saturated heterocycles. The molecule has 58 valence electrons. The first kappa shape index (κ1) is 6.27. The molecule has 2 heterocycles. The number of nitrogens with zero attached hydrogens (tertiary/aromatic N) is 3. The zero-order valence-electron chi connectivity index (χ0n) is 6.57. The molecule has 0 radical (unpaired) electrons. The largest absolute Gasteiger partial charge is 0.277 e. The summed E-state index contributed by atoms with van der Waals surface area (Å²) in [6, 6.07) is 0. The molecule has 11 heavy (non-hydrogen) atoms. The summed E-state index contributed by atoms with van der Waals surface area (Å²) >= 11 is 0. The van der Waals surface area contributed by atoms with Crippen molar-refractivity contribution in [1.82, 2.24) is 15.6 Å². The van der Waals surface area contributed by atoms with Crippen molar-refractivity contribution in [2.75, 3.05) is 7.05 Å². The average Bonchev–Trinajstić information content (AvgIpc) is 2.35. The molecular weight excluding hydrogens is 140 g/mol. The lowest BCUT2D eigenvalue weighted by Crippen LogP contribution is -2.43. The van der Waals surface area contributed by atoms with Crippen molar-refractivity contribution in [3.05, 3.63) is 23.7 Å². The molecule has 0 amide bonds. The van der Waals surface area contributed by atoms with E-state index < -0.39 is 0 Å². The molecular formula is C7H10N4. The molecule has 0 aromatic heterocycles. The molecule has 1 N–H and O–H groups in total. The fourth-order valence-electron chi connectivity index (χ4n) is 1.17. The lowest BCUT2D eigenvalue weighted by Gasteiger charge is -2.29. The Bertz CT molecular complexity index is 264. The Hall–Kier alpha value is -1.45. The minimum atomic E-state index is 1.03. The van der Waals surface area contributed by atoms with Crippen LogP contribution in [0, 0.1) is 0 Å². The van der Waals surface area contributed by atoms with Crippen LogP contribution in [0.3, 0.4) is 0 Å². The monoisotopic (exact) mass is 150 g/mol. The van der Waals surface area contributed by atoms with Gasteiger partial charge in [0, 0.05) is 13.2 Å². The molecule has 2 aliphatic rings. The van der Waals surface area contributed by atoms with Crippen LogP contribution in [0.5, 0.6) is 0 Å². The summed E-state index contributed by atoms with van der Waals surface area (Å²) in [5.74, 6) is 0. The maximum atomic E-state index is 4.13. The predicted octanol–water partition coefficient (Wildman–Crippen LogP) is 0.441. The van der Waals surface area contributed by atoms with E-state index in [0.717, 1.165) is 11.4 Å². The predicted molar refractivity (Wildman–Crippen MR) is 43.1 cm³/mol. The summed E-state index contributed by atoms with van der Waals surface area (Å²) in [5.41, 5.74) is 5.15. The van der Waals surface area contributed by atoms with Gasteiger partial charge in [0.15, 0.2) is 0 Å². The van der Waals surface area contributed by atoms with Gasteiger partial charge < -0.3 is 0 Å². The fourth-order valence-corrected chi connectivity index (χ4v) is 1.17. The standard InChI is InChI=1S/C7H10N4/c1-6-7-3-4-10(2)11(7)9-5-8-6/h3-5H,1-2H3,(H,8,9). The molecule has 0 fully saturated rings. The number of hydrazine groups is 2. The van der Waals surface area contributed by atoms with E-state index in [4.69, 9.17) is 0 Å². The third kappa shape index (κ3) is 0.790. The van der Waals surface area contributed by atoms with Gasteiger partial charge >= 0.3 is 0 Å². The van der Waals surface area contributed by atoms with Crippen LogP contribution in [0.2, 0.25) is 0 Å². The van der Waals surface area contributed by atoms with E-state index in [0.29, 0.717) is 0 Å². The molecule has 0 bridgehead atoms. The first-order chi connectivity index (χ1) is 5.29. The summed E-state index contributed by atoms with van der Waals surface area (Å²) in [6.07, 6.45) is 5.70. The molecule has 0 atom stereocenters. The van der Waals surface area contributed by atoms with Crippen LogP contribution in [0.25, 0.3) is 0 Å². The first-order valence-corrected chi connectivity index (χ1v) is 3.50. The lowest BCUT2D eigenvalue weighted by molar-refractivity contribution is 0.0780. The van der Waals surface area contributed by atoms with Gasteiger partial charge in [-0.3, -0.25) is 10.4 Å². The highest BCUT2D eigenvalue weighted by molar-refractivity contribution is 5.58. The number of aliphatic imine (C=N–C) groups is 1. The Morgan fingerprint density at radius 3 is 3.09 bits per heavy atom. The Labute approximate surface area is 65.4 Å². The SMILES string of the molecule is CC1=C2C=CN(C)N2NC=N1. The van der Waals surface area contributed by atoms with E-state index in [9.17, 15) is 0 Å². The van der Waals surface area contributed by atoms with Gasteiger partial charge in [0.1, 0.15) is 12.0 Å². The molecule has 0 aromatic carbocycles. The zero-order chi connectivity index (χ0) is 7.84. The van der Waals surface area contributed by atoms with E-state index >= 15 is 0 Å². The first-order valence-electron chi connectivity index (χ1n) is 3.50. The quantitative estimate of drug-likeness (QED) is 0.543. The van der Waals surface area contributed by atoms with Crippen LogP contribution in [0.4, 0.5) is 0 Å². The van der Waals surface area contributed by atoms with Crippen molar-refractivity contribution >= 4 is 6.34 Å². The smallest absolute Gasteiger partial charge is 0.109 e. The van der Waals surface area contributed by atoms with Gasteiger partial charge in [0.25, 0.3) is 0 Å². The number of fused-ring (bicyclic) bond motifs is 1. The third-order valence-corrected chi connectivity index (χ3v) is 1.80. The Kier molecular flexibility index (Phi) is 1.15. The second kappa shape index (κ2) is 2.02. The summed E-state index contributed by atoms with van der Waals surface area (Å²) in [6.45, 7) is 1.99. The van der Waals surface area contributed by atoms with Gasteiger partial charge in [0.2, 0.25) is 0 Å². The van der Waals surface area contributed by atoms with Crippen LogP contribution < -0.4 is 5.43 Å². The molecule has 0 saturated carbocycles. The molecule has 2 aliphatic heterocycles. The van der Waals surface area contributed by atoms with Crippen molar-refractivity contribution in [2.45, 2.75) is 6.92 Å². The van der Waals surface area contributed by atoms with E-state index in [1.807, 2.05) is 36.4 Å². The topological polar surface area (TPSA) is 30.9 Å². The molecule has 0 unspecified atom stereocenters. The summed E-state index contributed by atoms with van der Waals surface area (Å²) in [4.78, 5) is 4.13. The highest BCUT2D eigenvalue weighted by Crippen LogP contribution is 2.20. The van der Waals surface area contributed by atoms with Gasteiger partial charge in [-0.25, -0.2) is 4.99 Å². The van der Waals surface area contributed by atoms with Crippen LogP contribution in [0.15, 0.2) is 28.7 Å². The van der Waals surface area contributed by atoms with Crippen molar-refractivity contribution in [3.8, 4) is 0 Å². The highest BCUT2D eigenvalue weighted by Gasteiger charge is 2.19. The maximum Gasteiger partial charge on any atom is 0.109 e. The lowest BCUT2D eigenvalue weighted by atomic mass is 10.3. The maximum absolute atomic E-state index is 4.13. The molecule has 0 aliphatic carbocycles. The Morgan fingerprint density at radius 2 is 2.36 bits per heavy atom. The van der Waals surface area contributed by atoms with E-state index in [1.54, 1.807) is 6.34 Å². The second-order valence-electron chi connectivity index (χ2n) is 2.56. The summed E-state index contributed by atoms with van der Waals surface area (Å²) in [5, 5.41) is 3.90. The van der Waals surface area contributed by atoms with Crippen LogP contribution >= 0.6 is 0 Å². The van der Waals surface area contributed by atoms with Crippen molar-refractivity contribution in [1.29, 1.82) is 0 Å². The molecule has 0 aromatic rings. The molecule has 2 rings (SSSR count).